The second kappa shape index (κ2) is 4.62. The number of hydrogen-bond donors (Lipinski definition) is 1. The molecule has 4 unspecified atom stereocenters. The zero-order valence-electron chi connectivity index (χ0n) is 8.60. The van der Waals surface area contributed by atoms with E-state index in [-0.39, 0.29) is 10.7 Å². The highest BCUT2D eigenvalue weighted by Gasteiger charge is 2.40. The Morgan fingerprint density at radius 3 is 2.87 bits per heavy atom. The summed E-state index contributed by atoms with van der Waals surface area (Å²) in [6.07, 6.45) is 10.2. The summed E-state index contributed by atoms with van der Waals surface area (Å²) < 4.78 is 0. The summed E-state index contributed by atoms with van der Waals surface area (Å²) in [6, 6.07) is 0. The minimum Gasteiger partial charge on any atom is -0.330 e. The predicted octanol–water partition coefficient (Wildman–Crippen LogP) is 2.05. The van der Waals surface area contributed by atoms with E-state index in [0.717, 1.165) is 12.8 Å². The lowest BCUT2D eigenvalue weighted by Crippen LogP contribution is -2.41. The Balaban J connectivity index is 2.20. The van der Waals surface area contributed by atoms with E-state index < -0.39 is 0 Å². The van der Waals surface area contributed by atoms with Gasteiger partial charge in [0.1, 0.15) is 5.78 Å². The van der Waals surface area contributed by atoms with Gasteiger partial charge in [0.2, 0.25) is 0 Å². The molecule has 3 heteroatoms. The van der Waals surface area contributed by atoms with Crippen molar-refractivity contribution in [3.8, 4) is 0 Å². The fraction of sp³-hybridized carbons (Fsp3) is 0.583. The third kappa shape index (κ3) is 2.08. The molecular weight excluding hydrogens is 254 g/mol. The highest BCUT2D eigenvalue weighted by atomic mass is 79.9. The van der Waals surface area contributed by atoms with Gasteiger partial charge in [-0.25, -0.2) is 0 Å². The molecular formula is C12H16BrNO. The molecule has 0 saturated heterocycles. The minimum absolute atomic E-state index is 0.0199. The molecule has 1 saturated carbocycles. The molecule has 1 fully saturated rings. The summed E-state index contributed by atoms with van der Waals surface area (Å²) in [5.41, 5.74) is 5.58. The molecule has 2 rings (SSSR count). The molecule has 4 atom stereocenters. The van der Waals surface area contributed by atoms with Gasteiger partial charge in [0.25, 0.3) is 0 Å². The second-order valence-electron chi connectivity index (χ2n) is 4.30. The normalized spacial score (nSPS) is 39.2. The zero-order valence-corrected chi connectivity index (χ0v) is 10.2. The number of fused-ring (bicyclic) bond motifs is 1. The number of rotatable bonds is 2. The highest BCUT2D eigenvalue weighted by molar-refractivity contribution is 9.10. The molecule has 2 aliphatic carbocycles. The van der Waals surface area contributed by atoms with Gasteiger partial charge in [0, 0.05) is 5.92 Å². The van der Waals surface area contributed by atoms with Crippen LogP contribution in [0.25, 0.3) is 0 Å². The molecule has 0 heterocycles. The van der Waals surface area contributed by atoms with Crippen LogP contribution in [0, 0.1) is 17.8 Å². The third-order valence-corrected chi connectivity index (χ3v) is 4.22. The molecule has 2 N–H and O–H groups in total. The number of hydrogen-bond acceptors (Lipinski definition) is 2. The van der Waals surface area contributed by atoms with Gasteiger partial charge in [-0.1, -0.05) is 40.2 Å². The summed E-state index contributed by atoms with van der Waals surface area (Å²) in [7, 11) is 0. The maximum atomic E-state index is 12.0. The van der Waals surface area contributed by atoms with Crippen LogP contribution in [0.4, 0.5) is 0 Å². The first-order valence-electron chi connectivity index (χ1n) is 5.47. The van der Waals surface area contributed by atoms with Crippen molar-refractivity contribution in [1.82, 2.24) is 0 Å². The van der Waals surface area contributed by atoms with E-state index >= 15 is 0 Å². The van der Waals surface area contributed by atoms with Gasteiger partial charge in [0.05, 0.1) is 4.83 Å². The molecule has 82 valence electrons. The topological polar surface area (TPSA) is 43.1 Å². The first-order chi connectivity index (χ1) is 7.24. The van der Waals surface area contributed by atoms with E-state index in [1.165, 1.54) is 0 Å². The summed E-state index contributed by atoms with van der Waals surface area (Å²) in [4.78, 5) is 12.0. The lowest BCUT2D eigenvalue weighted by Gasteiger charge is -2.37. The molecule has 0 aromatic heterocycles. The molecule has 0 aromatic rings. The Kier molecular flexibility index (Phi) is 3.42. The minimum atomic E-state index is 0.0199. The van der Waals surface area contributed by atoms with Crippen molar-refractivity contribution in [2.45, 2.75) is 17.7 Å². The lowest BCUT2D eigenvalue weighted by atomic mass is 9.68. The zero-order chi connectivity index (χ0) is 10.8. The van der Waals surface area contributed by atoms with E-state index in [1.54, 1.807) is 0 Å². The predicted molar refractivity (Wildman–Crippen MR) is 64.8 cm³/mol. The number of halogens is 1. The van der Waals surface area contributed by atoms with Crippen LogP contribution in [0.15, 0.2) is 24.3 Å². The first kappa shape index (κ1) is 11.1. The maximum absolute atomic E-state index is 12.0. The molecule has 0 radical (unpaired) electrons. The van der Waals surface area contributed by atoms with Crippen LogP contribution in [-0.4, -0.2) is 17.2 Å². The lowest BCUT2D eigenvalue weighted by molar-refractivity contribution is -0.126. The summed E-state index contributed by atoms with van der Waals surface area (Å²) in [5, 5.41) is 0. The van der Waals surface area contributed by atoms with Gasteiger partial charge in [-0.2, -0.15) is 0 Å². The fourth-order valence-electron chi connectivity index (χ4n) is 2.63. The summed E-state index contributed by atoms with van der Waals surface area (Å²) >= 11 is 3.48. The van der Waals surface area contributed by atoms with Crippen molar-refractivity contribution in [2.24, 2.45) is 23.5 Å². The van der Waals surface area contributed by atoms with Crippen molar-refractivity contribution in [2.75, 3.05) is 6.54 Å². The molecule has 0 aliphatic heterocycles. The molecule has 0 spiro atoms. The number of carbonyl (C=O) groups is 1. The van der Waals surface area contributed by atoms with Gasteiger partial charge in [-0.3, -0.25) is 4.79 Å². The van der Waals surface area contributed by atoms with Crippen LogP contribution >= 0.6 is 15.9 Å². The van der Waals surface area contributed by atoms with E-state index in [2.05, 4.69) is 34.2 Å². The van der Waals surface area contributed by atoms with Crippen molar-refractivity contribution < 1.29 is 4.79 Å². The smallest absolute Gasteiger partial charge is 0.150 e. The Hall–Kier alpha value is -0.410. The average Bonchev–Trinajstić information content (AvgIpc) is 2.25. The number of alkyl halides is 1. The Bertz CT molecular complexity index is 311. The molecule has 2 nitrogen and oxygen atoms in total. The largest absolute Gasteiger partial charge is 0.330 e. The monoisotopic (exact) mass is 269 g/mol. The SMILES string of the molecule is NCCC1C(=O)C(Br)CC2C=CC=CC21. The van der Waals surface area contributed by atoms with Crippen LogP contribution in [0.2, 0.25) is 0 Å². The molecule has 2 aliphatic rings. The van der Waals surface area contributed by atoms with Crippen molar-refractivity contribution in [3.05, 3.63) is 24.3 Å². The van der Waals surface area contributed by atoms with Crippen molar-refractivity contribution in [3.63, 3.8) is 0 Å². The van der Waals surface area contributed by atoms with Crippen LogP contribution in [-0.2, 0) is 4.79 Å². The standard InChI is InChI=1S/C12H16BrNO/c13-11-7-8-3-1-2-4-9(8)10(5-6-14)12(11)15/h1-4,8-11H,5-7,14H2. The van der Waals surface area contributed by atoms with E-state index in [0.29, 0.717) is 24.2 Å². The number of allylic oxidation sites excluding steroid dienone is 4. The quantitative estimate of drug-likeness (QED) is 0.780. The van der Waals surface area contributed by atoms with E-state index in [9.17, 15) is 4.79 Å². The van der Waals surface area contributed by atoms with Crippen molar-refractivity contribution in [1.29, 1.82) is 0 Å². The van der Waals surface area contributed by atoms with Gasteiger partial charge in [-0.05, 0) is 31.2 Å². The van der Waals surface area contributed by atoms with E-state index in [1.807, 2.05) is 6.08 Å². The first-order valence-corrected chi connectivity index (χ1v) is 6.38. The Labute approximate surface area is 98.7 Å². The highest BCUT2D eigenvalue weighted by Crippen LogP contribution is 2.40. The number of Topliss-reactive ketones (excluding diaryl/α,β-unsaturated/α-hetero) is 1. The van der Waals surface area contributed by atoms with Crippen LogP contribution in [0.5, 0.6) is 0 Å². The van der Waals surface area contributed by atoms with Crippen LogP contribution < -0.4 is 5.73 Å². The maximum Gasteiger partial charge on any atom is 0.150 e. The van der Waals surface area contributed by atoms with Gasteiger partial charge < -0.3 is 5.73 Å². The van der Waals surface area contributed by atoms with Gasteiger partial charge >= 0.3 is 0 Å². The fourth-order valence-corrected chi connectivity index (χ4v) is 3.40. The average molecular weight is 270 g/mol. The summed E-state index contributed by atoms with van der Waals surface area (Å²) in [5.74, 6) is 1.33. The van der Waals surface area contributed by atoms with Crippen LogP contribution in [0.1, 0.15) is 12.8 Å². The van der Waals surface area contributed by atoms with Crippen molar-refractivity contribution >= 4 is 21.7 Å². The molecule has 0 bridgehead atoms. The summed E-state index contributed by atoms with van der Waals surface area (Å²) in [6.45, 7) is 0.594. The third-order valence-electron chi connectivity index (χ3n) is 3.39. The van der Waals surface area contributed by atoms with Gasteiger partial charge in [-0.15, -0.1) is 0 Å². The number of carbonyl (C=O) groups excluding carboxylic acids is 1. The van der Waals surface area contributed by atoms with Crippen LogP contribution in [0.3, 0.4) is 0 Å². The molecule has 15 heavy (non-hydrogen) atoms. The molecule has 0 aromatic carbocycles. The Morgan fingerprint density at radius 2 is 2.13 bits per heavy atom. The number of ketones is 1. The Morgan fingerprint density at radius 1 is 1.40 bits per heavy atom. The van der Waals surface area contributed by atoms with E-state index in [4.69, 9.17) is 5.73 Å². The second-order valence-corrected chi connectivity index (χ2v) is 5.41. The number of nitrogens with two attached hydrogens (primary N) is 1. The van der Waals surface area contributed by atoms with Gasteiger partial charge in [0.15, 0.2) is 0 Å². The molecule has 0 amide bonds.